The topological polar surface area (TPSA) is 45.0 Å². The molecule has 0 aliphatic rings. The largest absolute Gasteiger partial charge is 0.491 e. The van der Waals surface area contributed by atoms with Crippen LogP contribution in [0.5, 0.6) is 5.75 Å². The lowest BCUT2D eigenvalue weighted by Crippen LogP contribution is -1.98. The number of nitrogens with one attached hydrogen (secondary N) is 1. The summed E-state index contributed by atoms with van der Waals surface area (Å²) in [6.45, 7) is 2.12. The Bertz CT molecular complexity index is 714. The second-order valence-electron chi connectivity index (χ2n) is 4.10. The van der Waals surface area contributed by atoms with Crippen LogP contribution in [0.15, 0.2) is 34.8 Å². The quantitative estimate of drug-likeness (QED) is 0.864. The molecule has 108 valence electrons. The second-order valence-corrected chi connectivity index (χ2v) is 4.90. The molecule has 2 rings (SSSR count). The highest BCUT2D eigenvalue weighted by molar-refractivity contribution is 9.10. The lowest BCUT2D eigenvalue weighted by atomic mass is 10.2. The summed E-state index contributed by atoms with van der Waals surface area (Å²) in [4.78, 5) is 0. The van der Waals surface area contributed by atoms with Crippen molar-refractivity contribution in [2.45, 2.75) is 6.92 Å². The molecule has 3 nitrogen and oxygen atoms in total. The van der Waals surface area contributed by atoms with E-state index >= 15 is 0 Å². The van der Waals surface area contributed by atoms with Gasteiger partial charge in [0.25, 0.3) is 0 Å². The molecule has 0 heterocycles. The van der Waals surface area contributed by atoms with E-state index in [1.807, 2.05) is 6.07 Å². The molecule has 2 aromatic carbocycles. The van der Waals surface area contributed by atoms with Gasteiger partial charge in [-0.2, -0.15) is 5.26 Å². The Morgan fingerprint density at radius 2 is 2.05 bits per heavy atom. The fourth-order valence-corrected chi connectivity index (χ4v) is 2.17. The van der Waals surface area contributed by atoms with Crippen molar-refractivity contribution in [3.63, 3.8) is 0 Å². The van der Waals surface area contributed by atoms with Crippen LogP contribution in [0.1, 0.15) is 12.5 Å². The Labute approximate surface area is 129 Å². The predicted molar refractivity (Wildman–Crippen MR) is 79.7 cm³/mol. The van der Waals surface area contributed by atoms with E-state index in [1.54, 1.807) is 13.0 Å². The number of anilines is 2. The van der Waals surface area contributed by atoms with Gasteiger partial charge in [0, 0.05) is 11.8 Å². The Kier molecular flexibility index (Phi) is 4.76. The van der Waals surface area contributed by atoms with E-state index in [4.69, 9.17) is 10.00 Å². The van der Waals surface area contributed by atoms with Crippen LogP contribution in [0.4, 0.5) is 20.2 Å². The average molecular weight is 353 g/mol. The standard InChI is InChI=1S/C15H11BrF2N2O/c1-2-21-13-6-4-10(7-11(13)17)20-12-5-3-9(8-19)14(16)15(12)18/h3-7,20H,2H2,1H3. The van der Waals surface area contributed by atoms with Crippen molar-refractivity contribution < 1.29 is 13.5 Å². The molecule has 0 bridgehead atoms. The molecule has 0 radical (unpaired) electrons. The van der Waals surface area contributed by atoms with Crippen LogP contribution in [0.25, 0.3) is 0 Å². The molecule has 0 fully saturated rings. The number of ether oxygens (including phenoxy) is 1. The number of halogens is 3. The fourth-order valence-electron chi connectivity index (χ4n) is 1.74. The Morgan fingerprint density at radius 3 is 2.67 bits per heavy atom. The van der Waals surface area contributed by atoms with E-state index in [0.717, 1.165) is 0 Å². The van der Waals surface area contributed by atoms with Crippen LogP contribution in [0.3, 0.4) is 0 Å². The summed E-state index contributed by atoms with van der Waals surface area (Å²) >= 11 is 3.02. The van der Waals surface area contributed by atoms with Gasteiger partial charge in [0.15, 0.2) is 17.4 Å². The molecule has 0 aliphatic heterocycles. The van der Waals surface area contributed by atoms with Crippen molar-refractivity contribution >= 4 is 27.3 Å². The maximum atomic E-state index is 14.1. The van der Waals surface area contributed by atoms with Crippen LogP contribution in [-0.4, -0.2) is 6.61 Å². The van der Waals surface area contributed by atoms with Crippen molar-refractivity contribution in [2.75, 3.05) is 11.9 Å². The van der Waals surface area contributed by atoms with Gasteiger partial charge in [-0.25, -0.2) is 8.78 Å². The summed E-state index contributed by atoms with van der Waals surface area (Å²) in [7, 11) is 0. The predicted octanol–water partition coefficient (Wildman–Crippen LogP) is 4.74. The third-order valence-corrected chi connectivity index (χ3v) is 3.49. The first kappa shape index (κ1) is 15.3. The van der Waals surface area contributed by atoms with E-state index in [1.165, 1.54) is 24.3 Å². The van der Waals surface area contributed by atoms with Gasteiger partial charge in [0.05, 0.1) is 22.3 Å². The van der Waals surface area contributed by atoms with E-state index in [-0.39, 0.29) is 21.5 Å². The third kappa shape index (κ3) is 3.31. The Hall–Kier alpha value is -2.13. The first-order chi connectivity index (χ1) is 10.1. The van der Waals surface area contributed by atoms with Gasteiger partial charge in [0.2, 0.25) is 0 Å². The van der Waals surface area contributed by atoms with Gasteiger partial charge in [-0.05, 0) is 47.1 Å². The molecule has 0 saturated carbocycles. The number of nitrogens with zero attached hydrogens (tertiary/aromatic N) is 1. The minimum absolute atomic E-state index is 0.0707. The summed E-state index contributed by atoms with van der Waals surface area (Å²) in [6, 6.07) is 9.03. The van der Waals surface area contributed by atoms with Crippen LogP contribution >= 0.6 is 15.9 Å². The van der Waals surface area contributed by atoms with Gasteiger partial charge in [-0.3, -0.25) is 0 Å². The molecular formula is C15H11BrF2N2O. The Morgan fingerprint density at radius 1 is 1.29 bits per heavy atom. The number of rotatable bonds is 4. The number of nitriles is 1. The summed E-state index contributed by atoms with van der Waals surface area (Å²) in [6.07, 6.45) is 0. The van der Waals surface area contributed by atoms with E-state index in [2.05, 4.69) is 21.2 Å². The Balaban J connectivity index is 2.29. The van der Waals surface area contributed by atoms with Crippen LogP contribution in [0.2, 0.25) is 0 Å². The zero-order valence-corrected chi connectivity index (χ0v) is 12.7. The zero-order chi connectivity index (χ0) is 15.4. The molecular weight excluding hydrogens is 342 g/mol. The lowest BCUT2D eigenvalue weighted by molar-refractivity contribution is 0.321. The maximum Gasteiger partial charge on any atom is 0.167 e. The average Bonchev–Trinajstić information content (AvgIpc) is 2.47. The van der Waals surface area contributed by atoms with Crippen molar-refractivity contribution in [1.29, 1.82) is 5.26 Å². The molecule has 0 amide bonds. The summed E-state index contributed by atoms with van der Waals surface area (Å²) in [5.41, 5.74) is 0.715. The molecule has 6 heteroatoms. The first-order valence-corrected chi connectivity index (χ1v) is 6.93. The van der Waals surface area contributed by atoms with Gasteiger partial charge in [-0.1, -0.05) is 0 Å². The smallest absolute Gasteiger partial charge is 0.167 e. The van der Waals surface area contributed by atoms with Gasteiger partial charge >= 0.3 is 0 Å². The fraction of sp³-hybridized carbons (Fsp3) is 0.133. The monoisotopic (exact) mass is 352 g/mol. The van der Waals surface area contributed by atoms with Gasteiger partial charge in [0.1, 0.15) is 6.07 Å². The highest BCUT2D eigenvalue weighted by atomic mass is 79.9. The van der Waals surface area contributed by atoms with E-state index < -0.39 is 11.6 Å². The van der Waals surface area contributed by atoms with Crippen LogP contribution in [-0.2, 0) is 0 Å². The zero-order valence-electron chi connectivity index (χ0n) is 11.1. The highest BCUT2D eigenvalue weighted by Gasteiger charge is 2.12. The summed E-state index contributed by atoms with van der Waals surface area (Å²) in [5.74, 6) is -0.997. The van der Waals surface area contributed by atoms with Crippen LogP contribution in [0, 0.1) is 23.0 Å². The van der Waals surface area contributed by atoms with Crippen molar-refractivity contribution in [1.82, 2.24) is 0 Å². The van der Waals surface area contributed by atoms with Crippen molar-refractivity contribution in [3.05, 3.63) is 52.0 Å². The number of benzene rings is 2. The van der Waals surface area contributed by atoms with E-state index in [0.29, 0.717) is 12.3 Å². The maximum absolute atomic E-state index is 14.1. The molecule has 0 saturated heterocycles. The molecule has 0 unspecified atom stereocenters. The molecule has 0 aromatic heterocycles. The number of hydrogen-bond donors (Lipinski definition) is 1. The van der Waals surface area contributed by atoms with Crippen LogP contribution < -0.4 is 10.1 Å². The van der Waals surface area contributed by atoms with Crippen molar-refractivity contribution in [2.24, 2.45) is 0 Å². The summed E-state index contributed by atoms with van der Waals surface area (Å²) < 4.78 is 32.9. The first-order valence-electron chi connectivity index (χ1n) is 6.14. The molecule has 0 aliphatic carbocycles. The van der Waals surface area contributed by atoms with Gasteiger partial charge < -0.3 is 10.1 Å². The normalized spacial score (nSPS) is 10.0. The van der Waals surface area contributed by atoms with Gasteiger partial charge in [-0.15, -0.1) is 0 Å². The minimum Gasteiger partial charge on any atom is -0.491 e. The van der Waals surface area contributed by atoms with Crippen molar-refractivity contribution in [3.8, 4) is 11.8 Å². The highest BCUT2D eigenvalue weighted by Crippen LogP contribution is 2.30. The number of hydrogen-bond acceptors (Lipinski definition) is 3. The van der Waals surface area contributed by atoms with E-state index in [9.17, 15) is 8.78 Å². The SMILES string of the molecule is CCOc1ccc(Nc2ccc(C#N)c(Br)c2F)cc1F. The third-order valence-electron chi connectivity index (χ3n) is 2.71. The molecule has 0 spiro atoms. The molecule has 0 atom stereocenters. The molecule has 2 aromatic rings. The molecule has 21 heavy (non-hydrogen) atoms. The molecule has 1 N–H and O–H groups in total. The second kappa shape index (κ2) is 6.55. The summed E-state index contributed by atoms with van der Waals surface area (Å²) in [5, 5.41) is 11.6. The minimum atomic E-state index is -0.608. The lowest BCUT2D eigenvalue weighted by Gasteiger charge is -2.11.